The van der Waals surface area contributed by atoms with Crippen molar-refractivity contribution in [2.24, 2.45) is 0 Å². The Morgan fingerprint density at radius 3 is 1.23 bits per heavy atom. The fraction of sp³-hybridized carbons (Fsp3) is 0.944. The lowest BCUT2D eigenvalue weighted by Crippen LogP contribution is -2.55. The number of hydrogen-bond donors (Lipinski definition) is 1. The first-order valence-corrected chi connectivity index (χ1v) is 18.1. The molecule has 0 saturated carbocycles. The van der Waals surface area contributed by atoms with Gasteiger partial charge >= 0.3 is 5.97 Å². The van der Waals surface area contributed by atoms with Crippen molar-refractivity contribution in [3.05, 3.63) is 0 Å². The maximum Gasteiger partial charge on any atom is 0.307 e. The van der Waals surface area contributed by atoms with Crippen molar-refractivity contribution >= 4 is 11.8 Å². The maximum absolute atomic E-state index is 13.4. The lowest BCUT2D eigenvalue weighted by atomic mass is 9.95. The lowest BCUT2D eigenvalue weighted by molar-refractivity contribution is -0.173. The van der Waals surface area contributed by atoms with Gasteiger partial charge in [0.1, 0.15) is 0 Å². The third-order valence-electron chi connectivity index (χ3n) is 8.33. The number of esters is 1. The Hall–Kier alpha value is -0.900. The van der Waals surface area contributed by atoms with Gasteiger partial charge < -0.3 is 4.74 Å². The summed E-state index contributed by atoms with van der Waals surface area (Å²) in [4.78, 5) is 26.3. The molecule has 0 heterocycles. The van der Waals surface area contributed by atoms with Gasteiger partial charge in [-0.2, -0.15) is 0 Å². The molecule has 0 aromatic carbocycles. The third-order valence-corrected chi connectivity index (χ3v) is 8.33. The minimum absolute atomic E-state index is 0.0760. The first-order chi connectivity index (χ1) is 19.6. The van der Waals surface area contributed by atoms with Crippen molar-refractivity contribution in [2.45, 2.75) is 213 Å². The lowest BCUT2D eigenvalue weighted by Gasteiger charge is -2.33. The summed E-state index contributed by atoms with van der Waals surface area (Å²) in [5.41, 5.74) is -1.13. The molecular formula is C36H71NO3. The fourth-order valence-corrected chi connectivity index (χ4v) is 5.71. The van der Waals surface area contributed by atoms with Gasteiger partial charge in [-0.1, -0.05) is 169 Å². The van der Waals surface area contributed by atoms with E-state index >= 15 is 0 Å². The number of carbonyl (C=O) groups excluding carboxylic acids is 2. The SMILES string of the molecule is CCCCCCCCCCCCCCCC(=O)OC(CCCCC)(NCC)C(=O)CCCCCCCCCCC. The molecule has 0 amide bonds. The highest BCUT2D eigenvalue weighted by Crippen LogP contribution is 2.24. The molecule has 0 radical (unpaired) electrons. The smallest absolute Gasteiger partial charge is 0.307 e. The number of nitrogens with one attached hydrogen (secondary N) is 1. The Kier molecular flexibility index (Phi) is 28.9. The van der Waals surface area contributed by atoms with Gasteiger partial charge in [-0.15, -0.1) is 0 Å². The van der Waals surface area contributed by atoms with E-state index in [4.69, 9.17) is 4.74 Å². The molecule has 1 unspecified atom stereocenters. The minimum Gasteiger partial charge on any atom is -0.436 e. The van der Waals surface area contributed by atoms with Gasteiger partial charge in [0.25, 0.3) is 0 Å². The zero-order valence-electron chi connectivity index (χ0n) is 27.7. The van der Waals surface area contributed by atoms with E-state index in [0.29, 0.717) is 25.8 Å². The van der Waals surface area contributed by atoms with Crippen molar-refractivity contribution in [3.63, 3.8) is 0 Å². The zero-order chi connectivity index (χ0) is 29.6. The zero-order valence-corrected chi connectivity index (χ0v) is 27.7. The van der Waals surface area contributed by atoms with Gasteiger partial charge in [0.15, 0.2) is 5.78 Å². The van der Waals surface area contributed by atoms with Crippen LogP contribution >= 0.6 is 0 Å². The van der Waals surface area contributed by atoms with E-state index in [2.05, 4.69) is 26.1 Å². The summed E-state index contributed by atoms with van der Waals surface area (Å²) in [5, 5.41) is 3.32. The van der Waals surface area contributed by atoms with Crippen LogP contribution in [0.1, 0.15) is 207 Å². The van der Waals surface area contributed by atoms with E-state index in [1.165, 1.54) is 116 Å². The van der Waals surface area contributed by atoms with Gasteiger partial charge in [-0.05, 0) is 25.8 Å². The Morgan fingerprint density at radius 2 is 0.825 bits per heavy atom. The van der Waals surface area contributed by atoms with Crippen molar-refractivity contribution in [1.82, 2.24) is 5.32 Å². The van der Waals surface area contributed by atoms with Crippen LogP contribution in [0, 0.1) is 0 Å². The number of ether oxygens (including phenoxy) is 1. The van der Waals surface area contributed by atoms with Crippen molar-refractivity contribution < 1.29 is 14.3 Å². The summed E-state index contributed by atoms with van der Waals surface area (Å²) in [6.45, 7) is 9.32. The molecule has 40 heavy (non-hydrogen) atoms. The minimum atomic E-state index is -1.13. The second kappa shape index (κ2) is 29.6. The molecule has 0 aromatic rings. The number of carbonyl (C=O) groups is 2. The summed E-state index contributed by atoms with van der Waals surface area (Å²) in [6.07, 6.45) is 32.3. The van der Waals surface area contributed by atoms with E-state index < -0.39 is 5.72 Å². The molecule has 0 aliphatic rings. The summed E-state index contributed by atoms with van der Waals surface area (Å²) in [7, 11) is 0. The molecule has 4 heteroatoms. The van der Waals surface area contributed by atoms with Crippen LogP contribution in [0.4, 0.5) is 0 Å². The number of Topliss-reactive ketones (excluding diaryl/α,β-unsaturated/α-hetero) is 1. The van der Waals surface area contributed by atoms with E-state index in [1.54, 1.807) is 0 Å². The van der Waals surface area contributed by atoms with Gasteiger partial charge in [-0.25, -0.2) is 0 Å². The van der Waals surface area contributed by atoms with Crippen LogP contribution in [0.3, 0.4) is 0 Å². The van der Waals surface area contributed by atoms with Gasteiger partial charge in [0, 0.05) is 19.3 Å². The number of unbranched alkanes of at least 4 members (excludes halogenated alkanes) is 22. The van der Waals surface area contributed by atoms with Crippen molar-refractivity contribution in [2.75, 3.05) is 6.54 Å². The molecule has 0 rings (SSSR count). The second-order valence-electron chi connectivity index (χ2n) is 12.3. The predicted molar refractivity (Wildman–Crippen MR) is 174 cm³/mol. The van der Waals surface area contributed by atoms with Crippen LogP contribution < -0.4 is 5.32 Å². The van der Waals surface area contributed by atoms with Crippen molar-refractivity contribution in [1.29, 1.82) is 0 Å². The average Bonchev–Trinajstić information content (AvgIpc) is 2.94. The molecule has 0 spiro atoms. The first-order valence-electron chi connectivity index (χ1n) is 18.1. The molecule has 1 atom stereocenters. The van der Waals surface area contributed by atoms with Crippen LogP contribution in [0.25, 0.3) is 0 Å². The largest absolute Gasteiger partial charge is 0.436 e. The first kappa shape index (κ1) is 39.1. The van der Waals surface area contributed by atoms with Crippen LogP contribution in [0.5, 0.6) is 0 Å². The summed E-state index contributed by atoms with van der Waals surface area (Å²) < 4.78 is 6.03. The molecule has 4 nitrogen and oxygen atoms in total. The van der Waals surface area contributed by atoms with Crippen LogP contribution in [0.15, 0.2) is 0 Å². The van der Waals surface area contributed by atoms with Crippen LogP contribution in [0.2, 0.25) is 0 Å². The number of hydrogen-bond acceptors (Lipinski definition) is 4. The molecule has 0 aromatic heterocycles. The van der Waals surface area contributed by atoms with Gasteiger partial charge in [-0.3, -0.25) is 14.9 Å². The van der Waals surface area contributed by atoms with Crippen molar-refractivity contribution in [3.8, 4) is 0 Å². The highest BCUT2D eigenvalue weighted by Gasteiger charge is 2.40. The Morgan fingerprint density at radius 1 is 0.475 bits per heavy atom. The molecular weight excluding hydrogens is 494 g/mol. The summed E-state index contributed by atoms with van der Waals surface area (Å²) in [5.74, 6) is -0.131. The van der Waals surface area contributed by atoms with E-state index in [9.17, 15) is 9.59 Å². The second-order valence-corrected chi connectivity index (χ2v) is 12.3. The highest BCUT2D eigenvalue weighted by molar-refractivity contribution is 5.89. The normalized spacial score (nSPS) is 12.9. The Bertz CT molecular complexity index is 564. The topological polar surface area (TPSA) is 55.4 Å². The van der Waals surface area contributed by atoms with Crippen LogP contribution in [-0.4, -0.2) is 24.0 Å². The standard InChI is InChI=1S/C36H71NO3/c1-5-9-12-14-16-18-19-20-21-23-25-27-29-32-35(39)40-36(37-8-4,33-30-11-7-3)34(38)31-28-26-24-22-17-15-13-10-6-2/h37H,5-33H2,1-4H3. The Labute approximate surface area is 250 Å². The summed E-state index contributed by atoms with van der Waals surface area (Å²) >= 11 is 0. The maximum atomic E-state index is 13.4. The fourth-order valence-electron chi connectivity index (χ4n) is 5.71. The number of likely N-dealkylation sites (N-methyl/N-ethyl adjacent to an activating group) is 1. The monoisotopic (exact) mass is 566 g/mol. The molecule has 0 aliphatic heterocycles. The van der Waals surface area contributed by atoms with Gasteiger partial charge in [0.2, 0.25) is 5.72 Å². The number of rotatable bonds is 32. The Balaban J connectivity index is 4.35. The van der Waals surface area contributed by atoms with Gasteiger partial charge in [0.05, 0.1) is 0 Å². The molecule has 0 bridgehead atoms. The molecule has 1 N–H and O–H groups in total. The number of ketones is 1. The molecule has 238 valence electrons. The molecule has 0 aliphatic carbocycles. The predicted octanol–water partition coefficient (Wildman–Crippen LogP) is 11.4. The average molecular weight is 566 g/mol. The quantitative estimate of drug-likeness (QED) is 0.0500. The van der Waals surface area contributed by atoms with E-state index in [0.717, 1.165) is 44.9 Å². The van der Waals surface area contributed by atoms with Crippen LogP contribution in [-0.2, 0) is 14.3 Å². The molecule has 0 fully saturated rings. The van der Waals surface area contributed by atoms with E-state index in [-0.39, 0.29) is 11.8 Å². The molecule has 0 saturated heterocycles. The van der Waals surface area contributed by atoms with E-state index in [1.807, 2.05) is 6.92 Å². The summed E-state index contributed by atoms with van der Waals surface area (Å²) in [6, 6.07) is 0. The third kappa shape index (κ3) is 22.8. The highest BCUT2D eigenvalue weighted by atomic mass is 16.6.